The molecule has 21 heavy (non-hydrogen) atoms. The molecule has 0 spiro atoms. The Balaban J connectivity index is 1.90. The van der Waals surface area contributed by atoms with Gasteiger partial charge in [-0.25, -0.2) is 0 Å². The van der Waals surface area contributed by atoms with Gasteiger partial charge in [0.15, 0.2) is 5.58 Å². The van der Waals surface area contributed by atoms with E-state index in [4.69, 9.17) is 21.1 Å². The summed E-state index contributed by atoms with van der Waals surface area (Å²) in [5, 5.41) is 12.4. The number of aliphatic carboxylic acids is 1. The predicted molar refractivity (Wildman–Crippen MR) is 80.1 cm³/mol. The van der Waals surface area contributed by atoms with Gasteiger partial charge in [-0.1, -0.05) is 29.8 Å². The number of rotatable bonds is 4. The first-order valence-corrected chi connectivity index (χ1v) is 6.62. The first-order chi connectivity index (χ1) is 10.1. The fraction of sp³-hybridized carbons (Fsp3) is 0.0667. The second-order valence-corrected chi connectivity index (χ2v) is 4.90. The van der Waals surface area contributed by atoms with Gasteiger partial charge in [0.1, 0.15) is 5.52 Å². The highest BCUT2D eigenvalue weighted by Crippen LogP contribution is 2.27. The van der Waals surface area contributed by atoms with Gasteiger partial charge < -0.3 is 14.8 Å². The highest BCUT2D eigenvalue weighted by Gasteiger charge is 2.09. The van der Waals surface area contributed by atoms with Gasteiger partial charge in [0.25, 0.3) is 6.01 Å². The van der Waals surface area contributed by atoms with Crippen molar-refractivity contribution in [1.82, 2.24) is 4.98 Å². The molecule has 0 atom stereocenters. The number of carboxylic acids is 1. The molecular formula is C15H11ClN2O3. The lowest BCUT2D eigenvalue weighted by Gasteiger charge is -2.02. The van der Waals surface area contributed by atoms with Crippen molar-refractivity contribution in [2.24, 2.45) is 0 Å². The van der Waals surface area contributed by atoms with Crippen LogP contribution in [-0.4, -0.2) is 16.1 Å². The van der Waals surface area contributed by atoms with E-state index in [1.54, 1.807) is 24.3 Å². The number of nitrogens with one attached hydrogen (secondary N) is 1. The van der Waals surface area contributed by atoms with Crippen molar-refractivity contribution < 1.29 is 14.3 Å². The van der Waals surface area contributed by atoms with Crippen LogP contribution >= 0.6 is 11.6 Å². The zero-order chi connectivity index (χ0) is 14.8. The maximum absolute atomic E-state index is 10.7. The minimum atomic E-state index is -0.886. The number of halogens is 1. The van der Waals surface area contributed by atoms with E-state index in [-0.39, 0.29) is 6.42 Å². The minimum absolute atomic E-state index is 0.0517. The summed E-state index contributed by atoms with van der Waals surface area (Å²) in [6, 6.07) is 12.7. The van der Waals surface area contributed by atoms with Crippen molar-refractivity contribution in [3.05, 3.63) is 53.1 Å². The topological polar surface area (TPSA) is 75.4 Å². The molecule has 5 nitrogen and oxygen atoms in total. The van der Waals surface area contributed by atoms with Gasteiger partial charge in [0.2, 0.25) is 0 Å². The molecule has 0 aliphatic heterocycles. The first kappa shape index (κ1) is 13.5. The standard InChI is InChI=1S/C15H11ClN2O3/c16-10-3-1-2-4-11(10)17-15-18-12-6-5-9(8-14(19)20)7-13(12)21-15/h1-7H,8H2,(H,17,18)(H,19,20). The number of fused-ring (bicyclic) bond motifs is 1. The Labute approximate surface area is 125 Å². The summed E-state index contributed by atoms with van der Waals surface area (Å²) in [6.07, 6.45) is -0.0517. The maximum atomic E-state index is 10.7. The van der Waals surface area contributed by atoms with Crippen molar-refractivity contribution in [1.29, 1.82) is 0 Å². The molecule has 0 fully saturated rings. The molecule has 0 amide bonds. The molecule has 0 saturated heterocycles. The van der Waals surface area contributed by atoms with Crippen molar-refractivity contribution in [3.63, 3.8) is 0 Å². The Kier molecular flexibility index (Phi) is 3.50. The van der Waals surface area contributed by atoms with E-state index in [0.717, 1.165) is 0 Å². The van der Waals surface area contributed by atoms with Crippen molar-refractivity contribution in [3.8, 4) is 0 Å². The van der Waals surface area contributed by atoms with Crippen LogP contribution in [0.2, 0.25) is 5.02 Å². The van der Waals surface area contributed by atoms with E-state index in [2.05, 4.69) is 10.3 Å². The largest absolute Gasteiger partial charge is 0.481 e. The molecule has 106 valence electrons. The number of oxazole rings is 1. The molecule has 0 bridgehead atoms. The third-order valence-corrected chi connectivity index (χ3v) is 3.25. The molecule has 0 radical (unpaired) electrons. The highest BCUT2D eigenvalue weighted by atomic mass is 35.5. The van der Waals surface area contributed by atoms with Gasteiger partial charge in [-0.15, -0.1) is 0 Å². The van der Waals surface area contributed by atoms with Crippen LogP contribution in [0.3, 0.4) is 0 Å². The molecule has 0 unspecified atom stereocenters. The Hall–Kier alpha value is -2.53. The lowest BCUT2D eigenvalue weighted by Crippen LogP contribution is -1.99. The van der Waals surface area contributed by atoms with Crippen LogP contribution in [0.4, 0.5) is 11.7 Å². The summed E-state index contributed by atoms with van der Waals surface area (Å²) in [4.78, 5) is 15.0. The van der Waals surface area contributed by atoms with Crippen LogP contribution in [0.15, 0.2) is 46.9 Å². The summed E-state index contributed by atoms with van der Waals surface area (Å²) in [6.45, 7) is 0. The molecule has 3 rings (SSSR count). The highest BCUT2D eigenvalue weighted by molar-refractivity contribution is 6.33. The Bertz CT molecular complexity index is 814. The van der Waals surface area contributed by atoms with E-state index in [9.17, 15) is 4.79 Å². The molecule has 1 aromatic heterocycles. The lowest BCUT2D eigenvalue weighted by atomic mass is 10.1. The van der Waals surface area contributed by atoms with Gasteiger partial charge >= 0.3 is 5.97 Å². The summed E-state index contributed by atoms with van der Waals surface area (Å²) in [7, 11) is 0. The van der Waals surface area contributed by atoms with Crippen molar-refractivity contribution >= 4 is 40.4 Å². The van der Waals surface area contributed by atoms with Gasteiger partial charge in [0, 0.05) is 0 Å². The van der Waals surface area contributed by atoms with Crippen LogP contribution in [0.25, 0.3) is 11.1 Å². The Morgan fingerprint density at radius 1 is 1.29 bits per heavy atom. The Morgan fingerprint density at radius 2 is 2.10 bits per heavy atom. The third-order valence-electron chi connectivity index (χ3n) is 2.92. The molecule has 2 aromatic carbocycles. The SMILES string of the molecule is O=C(O)Cc1ccc2nc(Nc3ccccc3Cl)oc2c1. The zero-order valence-corrected chi connectivity index (χ0v) is 11.6. The maximum Gasteiger partial charge on any atom is 0.307 e. The average molecular weight is 303 g/mol. The van der Waals surface area contributed by atoms with Gasteiger partial charge in [-0.05, 0) is 29.8 Å². The minimum Gasteiger partial charge on any atom is -0.481 e. The number of aromatic nitrogens is 1. The number of para-hydroxylation sites is 1. The number of hydrogen-bond acceptors (Lipinski definition) is 4. The number of carboxylic acid groups (broad SMARTS) is 1. The zero-order valence-electron chi connectivity index (χ0n) is 10.8. The van der Waals surface area contributed by atoms with E-state index in [1.165, 1.54) is 0 Å². The van der Waals surface area contributed by atoms with Gasteiger partial charge in [-0.3, -0.25) is 4.79 Å². The fourth-order valence-corrected chi connectivity index (χ4v) is 2.17. The average Bonchev–Trinajstić information content (AvgIpc) is 2.82. The van der Waals surface area contributed by atoms with Gasteiger partial charge in [-0.2, -0.15) is 4.98 Å². The van der Waals surface area contributed by atoms with E-state index < -0.39 is 5.97 Å². The lowest BCUT2D eigenvalue weighted by molar-refractivity contribution is -0.136. The molecule has 0 aliphatic rings. The van der Waals surface area contributed by atoms with Crippen LogP contribution in [0, 0.1) is 0 Å². The number of nitrogens with zero attached hydrogens (tertiary/aromatic N) is 1. The van der Waals surface area contributed by atoms with Crippen LogP contribution in [-0.2, 0) is 11.2 Å². The summed E-state index contributed by atoms with van der Waals surface area (Å²) in [5.41, 5.74) is 2.54. The second kappa shape index (κ2) is 5.46. The van der Waals surface area contributed by atoms with Gasteiger partial charge in [0.05, 0.1) is 17.1 Å². The van der Waals surface area contributed by atoms with Crippen LogP contribution in [0.1, 0.15) is 5.56 Å². The number of hydrogen-bond donors (Lipinski definition) is 2. The molecule has 6 heteroatoms. The molecule has 2 N–H and O–H groups in total. The van der Waals surface area contributed by atoms with E-state index >= 15 is 0 Å². The van der Waals surface area contributed by atoms with E-state index in [1.807, 2.05) is 18.2 Å². The van der Waals surface area contributed by atoms with Crippen molar-refractivity contribution in [2.75, 3.05) is 5.32 Å². The van der Waals surface area contributed by atoms with E-state index in [0.29, 0.717) is 33.4 Å². The monoisotopic (exact) mass is 302 g/mol. The molecule has 1 heterocycles. The molecule has 0 aliphatic carbocycles. The smallest absolute Gasteiger partial charge is 0.307 e. The normalized spacial score (nSPS) is 10.7. The Morgan fingerprint density at radius 3 is 2.86 bits per heavy atom. The fourth-order valence-electron chi connectivity index (χ4n) is 1.98. The molecular weight excluding hydrogens is 292 g/mol. The van der Waals surface area contributed by atoms with Crippen LogP contribution < -0.4 is 5.32 Å². The third kappa shape index (κ3) is 2.98. The summed E-state index contributed by atoms with van der Waals surface area (Å²) < 4.78 is 5.58. The van der Waals surface area contributed by atoms with Crippen molar-refractivity contribution in [2.45, 2.75) is 6.42 Å². The summed E-state index contributed by atoms with van der Waals surface area (Å²) in [5.74, 6) is -0.886. The first-order valence-electron chi connectivity index (χ1n) is 6.24. The molecule has 3 aromatic rings. The second-order valence-electron chi connectivity index (χ2n) is 4.50. The summed E-state index contributed by atoms with van der Waals surface area (Å²) >= 11 is 6.06. The quantitative estimate of drug-likeness (QED) is 0.765. The molecule has 0 saturated carbocycles. The number of carbonyl (C=O) groups is 1. The predicted octanol–water partition coefficient (Wildman–Crippen LogP) is 3.85. The number of anilines is 2. The number of benzene rings is 2. The van der Waals surface area contributed by atoms with Crippen LogP contribution in [0.5, 0.6) is 0 Å².